The molecule has 12 nitrogen and oxygen atoms in total. The van der Waals surface area contributed by atoms with Crippen LogP contribution in [0.3, 0.4) is 0 Å². The Morgan fingerprint density at radius 2 is 2.00 bits per heavy atom. The monoisotopic (exact) mass is 581 g/mol. The normalized spacial score (nSPS) is 20.4. The summed E-state index contributed by atoms with van der Waals surface area (Å²) < 4.78 is 35.0. The van der Waals surface area contributed by atoms with Crippen molar-refractivity contribution in [1.82, 2.24) is 29.0 Å². The van der Waals surface area contributed by atoms with Crippen LogP contribution >= 0.6 is 11.3 Å². The number of nitrogens with two attached hydrogens (primary N) is 1. The number of fused-ring (bicyclic) bond motifs is 3. The number of rotatable bonds is 7. The zero-order valence-electron chi connectivity index (χ0n) is 22.0. The third-order valence-electron chi connectivity index (χ3n) is 7.78. The lowest BCUT2D eigenvalue weighted by atomic mass is 9.89. The van der Waals surface area contributed by atoms with Crippen LogP contribution in [0, 0.1) is 5.82 Å². The molecule has 2 saturated heterocycles. The molecule has 0 unspecified atom stereocenters. The van der Waals surface area contributed by atoms with E-state index in [4.69, 9.17) is 19.6 Å². The van der Waals surface area contributed by atoms with Crippen LogP contribution in [0.25, 0.3) is 27.6 Å². The average Bonchev–Trinajstić information content (AvgIpc) is 3.76. The fraction of sp³-hybridized carbons (Fsp3) is 0.407. The van der Waals surface area contributed by atoms with E-state index in [1.807, 2.05) is 0 Å². The molecular weight excluding hydrogens is 553 g/mol. The van der Waals surface area contributed by atoms with Gasteiger partial charge < -0.3 is 29.6 Å². The number of hydrogen-bond acceptors (Lipinski definition) is 11. The lowest BCUT2D eigenvalue weighted by molar-refractivity contribution is 0.0731. The molecule has 5 aromatic rings. The van der Waals surface area contributed by atoms with Crippen LogP contribution < -0.4 is 15.3 Å². The molecule has 6 heterocycles. The number of halogens is 1. The Bertz CT molecular complexity index is 1760. The van der Waals surface area contributed by atoms with Crippen molar-refractivity contribution in [3.8, 4) is 17.3 Å². The van der Waals surface area contributed by atoms with E-state index in [1.165, 1.54) is 16.8 Å². The van der Waals surface area contributed by atoms with E-state index in [-0.39, 0.29) is 35.8 Å². The summed E-state index contributed by atoms with van der Waals surface area (Å²) in [5.74, 6) is 1.19. The number of aliphatic hydroxyl groups excluding tert-OH is 1. The molecular formula is C27H28FN7O5S. The molecule has 2 atom stereocenters. The number of piperidine rings is 1. The Morgan fingerprint density at radius 1 is 1.15 bits per heavy atom. The smallest absolute Gasteiger partial charge is 0.309 e. The van der Waals surface area contributed by atoms with Gasteiger partial charge in [0.25, 0.3) is 0 Å². The van der Waals surface area contributed by atoms with Crippen LogP contribution in [0.5, 0.6) is 5.75 Å². The number of ether oxygens (including phenoxy) is 2. The summed E-state index contributed by atoms with van der Waals surface area (Å²) in [5, 5.41) is 14.3. The summed E-state index contributed by atoms with van der Waals surface area (Å²) >= 11 is 1.07. The molecule has 0 aliphatic carbocycles. The van der Waals surface area contributed by atoms with Crippen LogP contribution in [-0.4, -0.2) is 79.2 Å². The van der Waals surface area contributed by atoms with E-state index in [9.17, 15) is 14.3 Å². The number of hydrogen-bond donors (Lipinski definition) is 2. The van der Waals surface area contributed by atoms with Gasteiger partial charge in [0.05, 0.1) is 19.5 Å². The largest absolute Gasteiger partial charge is 0.485 e. The van der Waals surface area contributed by atoms with E-state index in [0.717, 1.165) is 37.3 Å². The molecule has 14 heteroatoms. The van der Waals surface area contributed by atoms with Crippen molar-refractivity contribution in [2.24, 2.45) is 0 Å². The van der Waals surface area contributed by atoms with E-state index >= 15 is 0 Å². The van der Waals surface area contributed by atoms with Gasteiger partial charge in [-0.15, -0.1) is 5.10 Å². The summed E-state index contributed by atoms with van der Waals surface area (Å²) in [6.07, 6.45) is 1.95. The van der Waals surface area contributed by atoms with Crippen LogP contribution in [-0.2, 0) is 11.3 Å². The summed E-state index contributed by atoms with van der Waals surface area (Å²) in [5.41, 5.74) is 7.81. The van der Waals surface area contributed by atoms with Crippen molar-refractivity contribution in [2.75, 3.05) is 38.6 Å². The number of thiazole rings is 1. The molecule has 4 aromatic heterocycles. The Hall–Kier alpha value is -3.85. The minimum atomic E-state index is -0.706. The highest BCUT2D eigenvalue weighted by Crippen LogP contribution is 2.32. The maximum absolute atomic E-state index is 15.0. The molecule has 2 aliphatic heterocycles. The molecule has 7 rings (SSSR count). The minimum Gasteiger partial charge on any atom is -0.485 e. The number of aromatic nitrogens is 5. The first-order chi connectivity index (χ1) is 19.9. The van der Waals surface area contributed by atoms with Gasteiger partial charge in [0.2, 0.25) is 11.8 Å². The molecule has 1 aromatic carbocycles. The minimum absolute atomic E-state index is 0.0939. The van der Waals surface area contributed by atoms with Gasteiger partial charge in [0.15, 0.2) is 17.1 Å². The van der Waals surface area contributed by atoms with Gasteiger partial charge >= 0.3 is 4.87 Å². The second kappa shape index (κ2) is 10.5. The number of furan rings is 1. The second-order valence-corrected chi connectivity index (χ2v) is 11.3. The zero-order valence-corrected chi connectivity index (χ0v) is 22.8. The van der Waals surface area contributed by atoms with Crippen molar-refractivity contribution in [3.05, 3.63) is 57.6 Å². The van der Waals surface area contributed by atoms with Gasteiger partial charge in [-0.05, 0) is 55.6 Å². The number of anilines is 1. The molecule has 2 fully saturated rings. The number of nitrogen functional groups attached to an aromatic ring is 1. The van der Waals surface area contributed by atoms with Gasteiger partial charge in [-0.1, -0.05) is 17.4 Å². The van der Waals surface area contributed by atoms with Gasteiger partial charge in [-0.2, -0.15) is 9.50 Å². The molecule has 0 radical (unpaired) electrons. The summed E-state index contributed by atoms with van der Waals surface area (Å²) in [4.78, 5) is 24.1. The van der Waals surface area contributed by atoms with Crippen LogP contribution in [0.1, 0.15) is 24.3 Å². The van der Waals surface area contributed by atoms with Crippen LogP contribution in [0.4, 0.5) is 10.3 Å². The Labute approximate surface area is 236 Å². The second-order valence-electron chi connectivity index (χ2n) is 10.4. The summed E-state index contributed by atoms with van der Waals surface area (Å²) in [6, 6.07) is 8.43. The highest BCUT2D eigenvalue weighted by atomic mass is 32.1. The standard InChI is InChI=1S/C27H28FN7O5S/c28-18-12-16(40-21-14-38-13-19(21)36)3-4-17(18)15-5-7-33(8-6-15)9-10-34-24-22(41-27(34)37)25-30-23(20-2-1-11-39-20)32-35(25)26(29)31-24/h1-4,11-12,15,19,21,36H,5-10,13-14H2,(H2,29,31)/t19-,21-/m1/s1. The van der Waals surface area contributed by atoms with E-state index in [0.29, 0.717) is 52.0 Å². The van der Waals surface area contributed by atoms with E-state index in [2.05, 4.69) is 20.0 Å². The first kappa shape index (κ1) is 26.1. The summed E-state index contributed by atoms with van der Waals surface area (Å²) in [7, 11) is 0. The van der Waals surface area contributed by atoms with Crippen LogP contribution in [0.2, 0.25) is 0 Å². The number of likely N-dealkylation sites (tertiary alicyclic amines) is 1. The fourth-order valence-electron chi connectivity index (χ4n) is 5.57. The quantitative estimate of drug-likeness (QED) is 0.294. The Kier molecular flexibility index (Phi) is 6.69. The first-order valence-electron chi connectivity index (χ1n) is 13.5. The maximum Gasteiger partial charge on any atom is 0.309 e. The van der Waals surface area contributed by atoms with Crippen molar-refractivity contribution in [3.63, 3.8) is 0 Å². The Morgan fingerprint density at radius 3 is 2.73 bits per heavy atom. The van der Waals surface area contributed by atoms with E-state index in [1.54, 1.807) is 28.8 Å². The molecule has 2 aliphatic rings. The molecule has 0 bridgehead atoms. The molecule has 0 spiro atoms. The summed E-state index contributed by atoms with van der Waals surface area (Å²) in [6.45, 7) is 3.17. The number of benzene rings is 1. The maximum atomic E-state index is 15.0. The van der Waals surface area contributed by atoms with Crippen molar-refractivity contribution >= 4 is 33.3 Å². The van der Waals surface area contributed by atoms with Crippen molar-refractivity contribution < 1.29 is 23.4 Å². The molecule has 3 N–H and O–H groups in total. The third kappa shape index (κ3) is 4.86. The highest BCUT2D eigenvalue weighted by molar-refractivity contribution is 7.17. The molecule has 214 valence electrons. The van der Waals surface area contributed by atoms with Gasteiger partial charge in [0, 0.05) is 19.2 Å². The SMILES string of the molecule is Nc1nc2c(sc(=O)n2CCN2CCC(c3ccc(O[C@@H]4COC[C@H]4O)cc3F)CC2)c2nc(-c3ccco3)nn12. The van der Waals surface area contributed by atoms with Crippen LogP contribution in [0.15, 0.2) is 45.8 Å². The zero-order chi connectivity index (χ0) is 28.1. The van der Waals surface area contributed by atoms with Crippen molar-refractivity contribution in [1.29, 1.82) is 0 Å². The number of nitrogens with zero attached hydrogens (tertiary/aromatic N) is 6. The lowest BCUT2D eigenvalue weighted by Crippen LogP contribution is -2.36. The molecule has 0 saturated carbocycles. The fourth-order valence-corrected chi connectivity index (χ4v) is 6.50. The Balaban J connectivity index is 1.01. The van der Waals surface area contributed by atoms with Crippen molar-refractivity contribution in [2.45, 2.75) is 37.5 Å². The first-order valence-corrected chi connectivity index (χ1v) is 14.3. The van der Waals surface area contributed by atoms with E-state index < -0.39 is 12.2 Å². The number of aliphatic hydroxyl groups is 1. The topological polar surface area (TPSA) is 146 Å². The highest BCUT2D eigenvalue weighted by Gasteiger charge is 2.29. The van der Waals surface area contributed by atoms with Gasteiger partial charge in [-0.3, -0.25) is 9.36 Å². The predicted molar refractivity (Wildman–Crippen MR) is 149 cm³/mol. The lowest BCUT2D eigenvalue weighted by Gasteiger charge is -2.32. The average molecular weight is 582 g/mol. The molecule has 0 amide bonds. The molecule has 41 heavy (non-hydrogen) atoms. The predicted octanol–water partition coefficient (Wildman–Crippen LogP) is 2.50. The third-order valence-corrected chi connectivity index (χ3v) is 8.75. The van der Waals surface area contributed by atoms with Gasteiger partial charge in [0.1, 0.15) is 28.5 Å². The van der Waals surface area contributed by atoms with Gasteiger partial charge in [-0.25, -0.2) is 9.37 Å².